The molecule has 29 heavy (non-hydrogen) atoms. The van der Waals surface area contributed by atoms with E-state index in [0.29, 0.717) is 10.6 Å². The SMILES string of the molecule is COc1ccc([C@H]2C(C(=O)c3cccs3)=C(O)C(=O)N2Cc2ccccc2)cc1. The van der Waals surface area contributed by atoms with E-state index in [9.17, 15) is 14.7 Å². The van der Waals surface area contributed by atoms with Crippen LogP contribution in [0.4, 0.5) is 0 Å². The number of rotatable bonds is 6. The van der Waals surface area contributed by atoms with Crippen molar-refractivity contribution in [2.24, 2.45) is 0 Å². The van der Waals surface area contributed by atoms with Crippen LogP contribution in [-0.4, -0.2) is 28.8 Å². The Bertz CT molecular complexity index is 1060. The van der Waals surface area contributed by atoms with Crippen molar-refractivity contribution in [1.29, 1.82) is 0 Å². The first-order valence-electron chi connectivity index (χ1n) is 9.10. The lowest BCUT2D eigenvalue weighted by Crippen LogP contribution is -2.30. The van der Waals surface area contributed by atoms with Gasteiger partial charge in [-0.15, -0.1) is 11.3 Å². The molecule has 0 radical (unpaired) electrons. The Morgan fingerprint density at radius 1 is 1.07 bits per heavy atom. The van der Waals surface area contributed by atoms with E-state index < -0.39 is 17.7 Å². The summed E-state index contributed by atoms with van der Waals surface area (Å²) < 4.78 is 5.22. The van der Waals surface area contributed by atoms with E-state index in [0.717, 1.165) is 11.1 Å². The van der Waals surface area contributed by atoms with Crippen molar-refractivity contribution in [1.82, 2.24) is 4.90 Å². The Hall–Kier alpha value is -3.38. The van der Waals surface area contributed by atoms with Crippen molar-refractivity contribution in [3.63, 3.8) is 0 Å². The van der Waals surface area contributed by atoms with Crippen molar-refractivity contribution in [3.05, 3.63) is 99.4 Å². The Morgan fingerprint density at radius 3 is 2.41 bits per heavy atom. The number of aliphatic hydroxyl groups excluding tert-OH is 1. The molecular formula is C23H19NO4S. The van der Waals surface area contributed by atoms with Gasteiger partial charge in [0.05, 0.1) is 23.6 Å². The molecule has 146 valence electrons. The van der Waals surface area contributed by atoms with E-state index in [1.54, 1.807) is 36.8 Å². The number of amides is 1. The van der Waals surface area contributed by atoms with Gasteiger partial charge in [0.2, 0.25) is 5.78 Å². The Kier molecular flexibility index (Phi) is 5.18. The standard InChI is InChI=1S/C23H19NO4S/c1-28-17-11-9-16(10-12-17)20-19(21(25)18-8-5-13-29-18)22(26)23(27)24(20)14-15-6-3-2-4-7-15/h2-13,20,26H,14H2,1H3/t20-/m0/s1. The van der Waals surface area contributed by atoms with Crippen LogP contribution in [-0.2, 0) is 11.3 Å². The average Bonchev–Trinajstić information content (AvgIpc) is 3.38. The molecule has 1 atom stereocenters. The number of ketones is 1. The summed E-state index contributed by atoms with van der Waals surface area (Å²) in [4.78, 5) is 28.1. The summed E-state index contributed by atoms with van der Waals surface area (Å²) in [6.45, 7) is 0.279. The number of methoxy groups -OCH3 is 1. The number of ether oxygens (including phenoxy) is 1. The molecule has 6 heteroatoms. The van der Waals surface area contributed by atoms with Gasteiger partial charge in [-0.1, -0.05) is 48.5 Å². The van der Waals surface area contributed by atoms with Gasteiger partial charge in [-0.25, -0.2) is 0 Å². The van der Waals surface area contributed by atoms with E-state index in [1.165, 1.54) is 16.2 Å². The second kappa shape index (κ2) is 7.93. The number of carbonyl (C=O) groups is 2. The molecule has 0 aliphatic carbocycles. The quantitative estimate of drug-likeness (QED) is 0.612. The highest BCUT2D eigenvalue weighted by atomic mass is 32.1. The number of hydrogen-bond acceptors (Lipinski definition) is 5. The van der Waals surface area contributed by atoms with Gasteiger partial charge >= 0.3 is 0 Å². The molecule has 1 aliphatic rings. The average molecular weight is 405 g/mol. The summed E-state index contributed by atoms with van der Waals surface area (Å²) in [5, 5.41) is 12.5. The van der Waals surface area contributed by atoms with Gasteiger partial charge in [-0.3, -0.25) is 9.59 Å². The Morgan fingerprint density at radius 2 is 1.79 bits per heavy atom. The van der Waals surface area contributed by atoms with Gasteiger partial charge < -0.3 is 14.7 Å². The van der Waals surface area contributed by atoms with Crippen molar-refractivity contribution in [3.8, 4) is 5.75 Å². The zero-order valence-electron chi connectivity index (χ0n) is 15.7. The molecule has 4 rings (SSSR count). The van der Waals surface area contributed by atoms with E-state index in [4.69, 9.17) is 4.74 Å². The maximum Gasteiger partial charge on any atom is 0.290 e. The minimum atomic E-state index is -0.678. The molecule has 0 bridgehead atoms. The first-order chi connectivity index (χ1) is 14.1. The van der Waals surface area contributed by atoms with Crippen LogP contribution in [0.1, 0.15) is 26.8 Å². The van der Waals surface area contributed by atoms with Crippen molar-refractivity contribution < 1.29 is 19.4 Å². The number of Topliss-reactive ketones (excluding diaryl/α,β-unsaturated/α-hetero) is 1. The first kappa shape index (κ1) is 19.0. The number of thiophene rings is 1. The maximum absolute atomic E-state index is 13.2. The molecule has 0 saturated heterocycles. The summed E-state index contributed by atoms with van der Waals surface area (Å²) in [7, 11) is 1.58. The highest BCUT2D eigenvalue weighted by molar-refractivity contribution is 7.12. The number of nitrogens with zero attached hydrogens (tertiary/aromatic N) is 1. The Labute approximate surface area is 172 Å². The predicted octanol–water partition coefficient (Wildman–Crippen LogP) is 4.54. The normalized spacial score (nSPS) is 16.4. The van der Waals surface area contributed by atoms with Crippen molar-refractivity contribution >= 4 is 23.0 Å². The van der Waals surface area contributed by atoms with Gasteiger partial charge in [0, 0.05) is 6.54 Å². The minimum absolute atomic E-state index is 0.110. The zero-order chi connectivity index (χ0) is 20.4. The fraction of sp³-hybridized carbons (Fsp3) is 0.130. The lowest BCUT2D eigenvalue weighted by molar-refractivity contribution is -0.130. The third-order valence-electron chi connectivity index (χ3n) is 4.92. The van der Waals surface area contributed by atoms with Gasteiger partial charge in [0.25, 0.3) is 5.91 Å². The summed E-state index contributed by atoms with van der Waals surface area (Å²) in [5.41, 5.74) is 1.76. The molecule has 1 aromatic heterocycles. The van der Waals surface area contributed by atoms with E-state index in [1.807, 2.05) is 42.5 Å². The van der Waals surface area contributed by atoms with Gasteiger partial charge in [-0.05, 0) is 34.7 Å². The van der Waals surface area contributed by atoms with Gasteiger partial charge in [0.15, 0.2) is 5.76 Å². The molecular weight excluding hydrogens is 386 g/mol. The van der Waals surface area contributed by atoms with Crippen LogP contribution in [0, 0.1) is 0 Å². The lowest BCUT2D eigenvalue weighted by Gasteiger charge is -2.27. The molecule has 3 aromatic rings. The van der Waals surface area contributed by atoms with Crippen LogP contribution in [0.2, 0.25) is 0 Å². The molecule has 0 spiro atoms. The predicted molar refractivity (Wildman–Crippen MR) is 111 cm³/mol. The number of aliphatic hydroxyl groups is 1. The number of carbonyl (C=O) groups excluding carboxylic acids is 2. The fourth-order valence-corrected chi connectivity index (χ4v) is 4.18. The molecule has 2 heterocycles. The maximum atomic E-state index is 13.2. The summed E-state index contributed by atoms with van der Waals surface area (Å²) in [5.74, 6) is -0.691. The summed E-state index contributed by atoms with van der Waals surface area (Å²) >= 11 is 1.29. The lowest BCUT2D eigenvalue weighted by atomic mass is 9.95. The van der Waals surface area contributed by atoms with Crippen LogP contribution in [0.15, 0.2) is 83.4 Å². The molecule has 1 N–H and O–H groups in total. The van der Waals surface area contributed by atoms with Crippen LogP contribution < -0.4 is 4.74 Å². The van der Waals surface area contributed by atoms with Crippen molar-refractivity contribution in [2.75, 3.05) is 7.11 Å². The summed E-state index contributed by atoms with van der Waals surface area (Å²) in [6.07, 6.45) is 0. The van der Waals surface area contributed by atoms with Crippen molar-refractivity contribution in [2.45, 2.75) is 12.6 Å². The molecule has 0 unspecified atom stereocenters. The van der Waals surface area contributed by atoms with Crippen LogP contribution >= 0.6 is 11.3 Å². The molecule has 1 amide bonds. The second-order valence-electron chi connectivity index (χ2n) is 6.66. The minimum Gasteiger partial charge on any atom is -0.503 e. The largest absolute Gasteiger partial charge is 0.503 e. The summed E-state index contributed by atoms with van der Waals surface area (Å²) in [6, 6.07) is 19.5. The van der Waals surface area contributed by atoms with Gasteiger partial charge in [-0.2, -0.15) is 0 Å². The van der Waals surface area contributed by atoms with E-state index in [2.05, 4.69) is 0 Å². The van der Waals surface area contributed by atoms with E-state index >= 15 is 0 Å². The van der Waals surface area contributed by atoms with Crippen LogP contribution in [0.25, 0.3) is 0 Å². The van der Waals surface area contributed by atoms with E-state index in [-0.39, 0.29) is 17.9 Å². The highest BCUT2D eigenvalue weighted by Crippen LogP contribution is 2.40. The second-order valence-corrected chi connectivity index (χ2v) is 7.61. The third-order valence-corrected chi connectivity index (χ3v) is 5.79. The van der Waals surface area contributed by atoms with Gasteiger partial charge in [0.1, 0.15) is 5.75 Å². The monoisotopic (exact) mass is 405 g/mol. The fourth-order valence-electron chi connectivity index (χ4n) is 3.50. The molecule has 2 aromatic carbocycles. The Balaban J connectivity index is 1.79. The molecule has 5 nitrogen and oxygen atoms in total. The topological polar surface area (TPSA) is 66.8 Å². The van der Waals surface area contributed by atoms with Crippen LogP contribution in [0.5, 0.6) is 5.75 Å². The smallest absolute Gasteiger partial charge is 0.290 e. The number of benzene rings is 2. The number of hydrogen-bond donors (Lipinski definition) is 1. The first-order valence-corrected chi connectivity index (χ1v) is 9.98. The third kappa shape index (κ3) is 3.54. The van der Waals surface area contributed by atoms with Crippen LogP contribution in [0.3, 0.4) is 0 Å². The highest BCUT2D eigenvalue weighted by Gasteiger charge is 2.43. The molecule has 0 fully saturated rings. The zero-order valence-corrected chi connectivity index (χ0v) is 16.6. The molecule has 0 saturated carbocycles. The molecule has 1 aliphatic heterocycles.